The Morgan fingerprint density at radius 2 is 1.15 bits per heavy atom. The van der Waals surface area contributed by atoms with E-state index < -0.39 is 5.41 Å². The fourth-order valence-corrected chi connectivity index (χ4v) is 8.04. The molecule has 0 radical (unpaired) electrons. The van der Waals surface area contributed by atoms with Crippen molar-refractivity contribution in [3.8, 4) is 0 Å². The SMILES string of the molecule is CCCCCCCCCC(=O)OCCCCC1(CCN(CCCO)CCCCCCC(C)(C)C(=O)OCC(CCCCCCC)CCCCCCC)CC1. The van der Waals surface area contributed by atoms with Gasteiger partial charge in [-0.3, -0.25) is 9.59 Å². The van der Waals surface area contributed by atoms with E-state index in [0.29, 0.717) is 31.0 Å². The molecule has 0 bridgehead atoms. The highest BCUT2D eigenvalue weighted by Crippen LogP contribution is 2.52. The molecule has 1 saturated carbocycles. The molecule has 0 unspecified atom stereocenters. The van der Waals surface area contributed by atoms with Crippen molar-refractivity contribution in [1.29, 1.82) is 0 Å². The summed E-state index contributed by atoms with van der Waals surface area (Å²) in [6.07, 6.45) is 38.1. The predicted molar refractivity (Wildman–Crippen MR) is 230 cm³/mol. The first kappa shape index (κ1) is 50.9. The first-order valence-electron chi connectivity index (χ1n) is 23.9. The Morgan fingerprint density at radius 3 is 1.74 bits per heavy atom. The third kappa shape index (κ3) is 28.3. The van der Waals surface area contributed by atoms with E-state index in [2.05, 4.69) is 39.5 Å². The smallest absolute Gasteiger partial charge is 0.311 e. The lowest BCUT2D eigenvalue weighted by Gasteiger charge is -2.26. The Balaban J connectivity index is 2.28. The van der Waals surface area contributed by atoms with Crippen LogP contribution < -0.4 is 0 Å². The molecule has 0 spiro atoms. The summed E-state index contributed by atoms with van der Waals surface area (Å²) >= 11 is 0. The predicted octanol–water partition coefficient (Wildman–Crippen LogP) is 13.6. The lowest BCUT2D eigenvalue weighted by molar-refractivity contribution is -0.156. The van der Waals surface area contributed by atoms with E-state index in [1.165, 1.54) is 148 Å². The molecule has 0 amide bonds. The Hall–Kier alpha value is -1.14. The van der Waals surface area contributed by atoms with E-state index in [9.17, 15) is 14.7 Å². The second-order valence-corrected chi connectivity index (χ2v) is 18.1. The minimum absolute atomic E-state index is 0.00605. The molecule has 0 saturated heterocycles. The van der Waals surface area contributed by atoms with E-state index >= 15 is 0 Å². The van der Waals surface area contributed by atoms with Crippen LogP contribution in [0.2, 0.25) is 0 Å². The molecule has 1 N–H and O–H groups in total. The molecular weight excluding hydrogens is 671 g/mol. The van der Waals surface area contributed by atoms with Gasteiger partial charge in [-0.2, -0.15) is 0 Å². The summed E-state index contributed by atoms with van der Waals surface area (Å²) in [4.78, 5) is 27.9. The molecule has 0 heterocycles. The van der Waals surface area contributed by atoms with Crippen LogP contribution in [0.25, 0.3) is 0 Å². The number of hydrogen-bond donors (Lipinski definition) is 1. The third-order valence-corrected chi connectivity index (χ3v) is 12.4. The topological polar surface area (TPSA) is 76.1 Å². The standard InChI is InChI=1S/C48H93NO5/c1-6-9-12-15-16-19-24-32-45(51)53-42-28-26-34-48(35-36-48)37-40-49(39-29-41-50)38-27-21-20-25-33-47(4,5)46(52)54-43-44(30-22-17-13-10-7-2)31-23-18-14-11-8-3/h44,50H,6-43H2,1-5H3. The first-order valence-corrected chi connectivity index (χ1v) is 23.9. The van der Waals surface area contributed by atoms with Crippen molar-refractivity contribution in [2.24, 2.45) is 16.7 Å². The number of ether oxygens (including phenoxy) is 2. The number of esters is 2. The Morgan fingerprint density at radius 1 is 0.611 bits per heavy atom. The van der Waals surface area contributed by atoms with E-state index in [1.54, 1.807) is 0 Å². The van der Waals surface area contributed by atoms with Gasteiger partial charge in [-0.1, -0.05) is 143 Å². The summed E-state index contributed by atoms with van der Waals surface area (Å²) in [7, 11) is 0. The highest BCUT2D eigenvalue weighted by molar-refractivity contribution is 5.75. The number of nitrogens with zero attached hydrogens (tertiary/aromatic N) is 1. The van der Waals surface area contributed by atoms with Gasteiger partial charge in [-0.15, -0.1) is 0 Å². The van der Waals surface area contributed by atoms with Crippen molar-refractivity contribution in [3.05, 3.63) is 0 Å². The molecule has 0 aliphatic heterocycles. The van der Waals surface area contributed by atoms with Gasteiger partial charge in [-0.05, 0) is 115 Å². The normalized spacial score (nSPS) is 13.9. The van der Waals surface area contributed by atoms with Gasteiger partial charge in [0.2, 0.25) is 0 Å². The quantitative estimate of drug-likeness (QED) is 0.0494. The molecule has 6 nitrogen and oxygen atoms in total. The summed E-state index contributed by atoms with van der Waals surface area (Å²) in [6, 6.07) is 0. The summed E-state index contributed by atoms with van der Waals surface area (Å²) in [5.74, 6) is 0.493. The minimum atomic E-state index is -0.423. The molecular formula is C48H93NO5. The molecule has 1 rings (SSSR count). The van der Waals surface area contributed by atoms with Crippen LogP contribution in [-0.4, -0.2) is 61.4 Å². The van der Waals surface area contributed by atoms with Crippen molar-refractivity contribution >= 4 is 11.9 Å². The highest BCUT2D eigenvalue weighted by atomic mass is 16.5. The van der Waals surface area contributed by atoms with Crippen LogP contribution in [0.3, 0.4) is 0 Å². The number of aliphatic hydroxyl groups is 1. The molecule has 1 aliphatic rings. The molecule has 0 aromatic rings. The van der Waals surface area contributed by atoms with Gasteiger partial charge in [0.25, 0.3) is 0 Å². The third-order valence-electron chi connectivity index (χ3n) is 12.4. The summed E-state index contributed by atoms with van der Waals surface area (Å²) in [5.41, 5.74) is 0.0656. The first-order chi connectivity index (χ1) is 26.2. The zero-order chi connectivity index (χ0) is 39.6. The molecule has 1 fully saturated rings. The number of unbranched alkanes of at least 4 members (excludes halogenated alkanes) is 18. The van der Waals surface area contributed by atoms with E-state index in [0.717, 1.165) is 71.0 Å². The zero-order valence-electron chi connectivity index (χ0n) is 37.0. The summed E-state index contributed by atoms with van der Waals surface area (Å²) < 4.78 is 11.6. The van der Waals surface area contributed by atoms with Crippen LogP contribution in [0, 0.1) is 16.7 Å². The van der Waals surface area contributed by atoms with Gasteiger partial charge in [0.05, 0.1) is 18.6 Å². The number of carbonyl (C=O) groups is 2. The van der Waals surface area contributed by atoms with Gasteiger partial charge >= 0.3 is 11.9 Å². The second-order valence-electron chi connectivity index (χ2n) is 18.1. The van der Waals surface area contributed by atoms with E-state index in [4.69, 9.17) is 9.47 Å². The van der Waals surface area contributed by atoms with Crippen LogP contribution in [0.4, 0.5) is 0 Å². The molecule has 0 aromatic heterocycles. The fraction of sp³-hybridized carbons (Fsp3) is 0.958. The molecule has 54 heavy (non-hydrogen) atoms. The van der Waals surface area contributed by atoms with Crippen molar-refractivity contribution in [2.45, 2.75) is 240 Å². The van der Waals surface area contributed by atoms with Crippen molar-refractivity contribution < 1.29 is 24.2 Å². The maximum Gasteiger partial charge on any atom is 0.311 e. The molecule has 0 aromatic carbocycles. The highest BCUT2D eigenvalue weighted by Gasteiger charge is 2.41. The fourth-order valence-electron chi connectivity index (χ4n) is 8.04. The summed E-state index contributed by atoms with van der Waals surface area (Å²) in [6.45, 7) is 15.5. The van der Waals surface area contributed by atoms with Crippen LogP contribution in [-0.2, 0) is 19.1 Å². The maximum atomic E-state index is 13.2. The van der Waals surface area contributed by atoms with Crippen molar-refractivity contribution in [3.63, 3.8) is 0 Å². The van der Waals surface area contributed by atoms with Gasteiger partial charge in [-0.25, -0.2) is 0 Å². The van der Waals surface area contributed by atoms with Gasteiger partial charge in [0.1, 0.15) is 0 Å². The van der Waals surface area contributed by atoms with Crippen molar-refractivity contribution in [2.75, 3.05) is 39.5 Å². The Kier molecular flexibility index (Phi) is 32.0. The van der Waals surface area contributed by atoms with Crippen molar-refractivity contribution in [1.82, 2.24) is 4.90 Å². The van der Waals surface area contributed by atoms with Crippen LogP contribution in [0.15, 0.2) is 0 Å². The van der Waals surface area contributed by atoms with Gasteiger partial charge < -0.3 is 19.5 Å². The lowest BCUT2D eigenvalue weighted by atomic mass is 9.86. The molecule has 0 atom stereocenters. The Labute approximate surface area is 336 Å². The minimum Gasteiger partial charge on any atom is -0.466 e. The van der Waals surface area contributed by atoms with Gasteiger partial charge in [0.15, 0.2) is 0 Å². The van der Waals surface area contributed by atoms with Crippen LogP contribution in [0.5, 0.6) is 0 Å². The molecule has 320 valence electrons. The second kappa shape index (κ2) is 33.9. The van der Waals surface area contributed by atoms with Crippen LogP contribution >= 0.6 is 0 Å². The molecule has 1 aliphatic carbocycles. The lowest BCUT2D eigenvalue weighted by Crippen LogP contribution is -2.29. The number of rotatable bonds is 41. The Bertz CT molecular complexity index is 857. The number of carbonyl (C=O) groups excluding carboxylic acids is 2. The maximum absolute atomic E-state index is 13.2. The monoisotopic (exact) mass is 764 g/mol. The van der Waals surface area contributed by atoms with E-state index in [-0.39, 0.29) is 18.5 Å². The largest absolute Gasteiger partial charge is 0.466 e. The van der Waals surface area contributed by atoms with Gasteiger partial charge in [0, 0.05) is 19.6 Å². The van der Waals surface area contributed by atoms with E-state index in [1.807, 2.05) is 0 Å². The average molecular weight is 764 g/mol. The number of aliphatic hydroxyl groups excluding tert-OH is 1. The zero-order valence-corrected chi connectivity index (χ0v) is 37.0. The number of hydrogen-bond acceptors (Lipinski definition) is 6. The van der Waals surface area contributed by atoms with Crippen LogP contribution in [0.1, 0.15) is 240 Å². The summed E-state index contributed by atoms with van der Waals surface area (Å²) in [5, 5.41) is 9.52. The average Bonchev–Trinajstić information content (AvgIpc) is 3.94. The molecule has 6 heteroatoms.